The van der Waals surface area contributed by atoms with Crippen LogP contribution in [-0.4, -0.2) is 39.7 Å². The summed E-state index contributed by atoms with van der Waals surface area (Å²) in [5.41, 5.74) is -0.983. The molecule has 0 saturated carbocycles. The number of hydrogen-bond donors (Lipinski definition) is 2. The van der Waals surface area contributed by atoms with Gasteiger partial charge in [-0.1, -0.05) is 0 Å². The van der Waals surface area contributed by atoms with Crippen LogP contribution in [0.1, 0.15) is 33.6 Å². The number of carbonyl (C=O) groups is 3. The first-order valence-corrected chi connectivity index (χ1v) is 7.65. The number of hydrogen-bond acceptors (Lipinski definition) is 7. The van der Waals surface area contributed by atoms with Gasteiger partial charge < -0.3 is 19.9 Å². The van der Waals surface area contributed by atoms with Crippen molar-refractivity contribution in [2.75, 3.05) is 0 Å². The molecule has 0 radical (unpaired) electrons. The lowest BCUT2D eigenvalue weighted by Gasteiger charge is -2.22. The van der Waals surface area contributed by atoms with Crippen molar-refractivity contribution in [2.45, 2.75) is 45.3 Å². The van der Waals surface area contributed by atoms with Gasteiger partial charge in [0.1, 0.15) is 17.4 Å². The molecule has 10 heteroatoms. The van der Waals surface area contributed by atoms with Crippen LogP contribution < -0.4 is 10.1 Å². The molecule has 0 aliphatic carbocycles. The van der Waals surface area contributed by atoms with Crippen molar-refractivity contribution in [1.29, 1.82) is 0 Å². The third-order valence-corrected chi connectivity index (χ3v) is 2.89. The number of carbonyl (C=O) groups excluding carboxylic acids is 2. The molecule has 0 fully saturated rings. The van der Waals surface area contributed by atoms with Crippen LogP contribution in [0.4, 0.5) is 10.5 Å². The van der Waals surface area contributed by atoms with Crippen LogP contribution in [0.15, 0.2) is 24.3 Å². The molecular formula is C16H20N2O8. The van der Waals surface area contributed by atoms with E-state index in [2.05, 4.69) is 5.32 Å². The van der Waals surface area contributed by atoms with E-state index in [1.807, 2.05) is 0 Å². The number of aliphatic carboxylic acids is 1. The summed E-state index contributed by atoms with van der Waals surface area (Å²) in [6.45, 7) is 4.90. The number of non-ortho nitro benzene ring substituents is 1. The van der Waals surface area contributed by atoms with Crippen LogP contribution in [0.25, 0.3) is 0 Å². The third kappa shape index (κ3) is 7.60. The predicted octanol–water partition coefficient (Wildman–Crippen LogP) is 2.26. The first-order chi connectivity index (χ1) is 12.0. The molecule has 0 bridgehead atoms. The van der Waals surface area contributed by atoms with Gasteiger partial charge in [0, 0.05) is 18.6 Å². The molecule has 2 N–H and O–H groups in total. The third-order valence-electron chi connectivity index (χ3n) is 2.89. The topological polar surface area (TPSA) is 145 Å². The molecular weight excluding hydrogens is 348 g/mol. The van der Waals surface area contributed by atoms with Gasteiger partial charge in [-0.15, -0.1) is 0 Å². The van der Waals surface area contributed by atoms with E-state index >= 15 is 0 Å². The number of esters is 1. The van der Waals surface area contributed by atoms with Crippen molar-refractivity contribution >= 4 is 23.7 Å². The van der Waals surface area contributed by atoms with Crippen LogP contribution in [0, 0.1) is 10.1 Å². The summed E-state index contributed by atoms with van der Waals surface area (Å²) in [6, 6.07) is 3.48. The highest BCUT2D eigenvalue weighted by molar-refractivity contribution is 5.83. The molecule has 0 spiro atoms. The number of nitro groups is 1. The molecule has 0 heterocycles. The van der Waals surface area contributed by atoms with E-state index in [1.54, 1.807) is 20.8 Å². The van der Waals surface area contributed by atoms with E-state index in [0.29, 0.717) is 0 Å². The van der Waals surface area contributed by atoms with Crippen LogP contribution in [-0.2, 0) is 14.3 Å². The van der Waals surface area contributed by atoms with Gasteiger partial charge in [0.05, 0.1) is 4.92 Å². The molecule has 1 aromatic carbocycles. The standard InChI is InChI=1S/C16H20N2O8/c1-16(2,3)26-15(22)17-12(8-9-13(19)20)14(21)25-11-6-4-10(5-7-11)18(23)24/h4-7,12H,8-9H2,1-3H3,(H,17,22)(H,19,20)/t12-/m0/s1. The van der Waals surface area contributed by atoms with Gasteiger partial charge in [0.15, 0.2) is 0 Å². The predicted molar refractivity (Wildman–Crippen MR) is 88.8 cm³/mol. The average Bonchev–Trinajstić information content (AvgIpc) is 2.49. The van der Waals surface area contributed by atoms with Crippen LogP contribution in [0.5, 0.6) is 5.75 Å². The Morgan fingerprint density at radius 1 is 1.23 bits per heavy atom. The van der Waals surface area contributed by atoms with Crippen molar-refractivity contribution in [3.05, 3.63) is 34.4 Å². The largest absolute Gasteiger partial charge is 0.481 e. The summed E-state index contributed by atoms with van der Waals surface area (Å²) in [5, 5.41) is 21.7. The van der Waals surface area contributed by atoms with Crippen molar-refractivity contribution < 1.29 is 33.9 Å². The Labute approximate surface area is 149 Å². The smallest absolute Gasteiger partial charge is 0.408 e. The Morgan fingerprint density at radius 2 is 1.81 bits per heavy atom. The van der Waals surface area contributed by atoms with Gasteiger partial charge >= 0.3 is 18.0 Å². The van der Waals surface area contributed by atoms with Gasteiger partial charge in [-0.2, -0.15) is 0 Å². The van der Waals surface area contributed by atoms with Gasteiger partial charge in [-0.3, -0.25) is 14.9 Å². The molecule has 0 aliphatic heterocycles. The quantitative estimate of drug-likeness (QED) is 0.322. The molecule has 26 heavy (non-hydrogen) atoms. The second-order valence-corrected chi connectivity index (χ2v) is 6.30. The first-order valence-electron chi connectivity index (χ1n) is 7.65. The summed E-state index contributed by atoms with van der Waals surface area (Å²) >= 11 is 0. The number of rotatable bonds is 7. The monoisotopic (exact) mass is 368 g/mol. The number of benzene rings is 1. The highest BCUT2D eigenvalue weighted by atomic mass is 16.6. The van der Waals surface area contributed by atoms with Gasteiger partial charge in [0.2, 0.25) is 0 Å². The zero-order valence-electron chi connectivity index (χ0n) is 14.6. The Hall–Kier alpha value is -3.17. The fourth-order valence-corrected chi connectivity index (χ4v) is 1.79. The molecule has 0 saturated heterocycles. The Kier molecular flexibility index (Phi) is 7.06. The minimum Gasteiger partial charge on any atom is -0.481 e. The number of nitro benzene ring substituents is 1. The van der Waals surface area contributed by atoms with E-state index in [0.717, 1.165) is 12.1 Å². The van der Waals surface area contributed by atoms with Crippen molar-refractivity contribution in [3.8, 4) is 5.75 Å². The van der Waals surface area contributed by atoms with Crippen molar-refractivity contribution in [3.63, 3.8) is 0 Å². The fourth-order valence-electron chi connectivity index (χ4n) is 1.79. The van der Waals surface area contributed by atoms with Crippen molar-refractivity contribution in [2.24, 2.45) is 0 Å². The lowest BCUT2D eigenvalue weighted by atomic mass is 10.1. The minimum absolute atomic E-state index is 0.0203. The average molecular weight is 368 g/mol. The summed E-state index contributed by atoms with van der Waals surface area (Å²) in [5.74, 6) is -2.04. The van der Waals surface area contributed by atoms with E-state index < -0.39 is 34.6 Å². The number of nitrogens with zero attached hydrogens (tertiary/aromatic N) is 1. The molecule has 0 aliphatic rings. The molecule has 1 atom stereocenters. The van der Waals surface area contributed by atoms with Crippen molar-refractivity contribution in [1.82, 2.24) is 5.32 Å². The lowest BCUT2D eigenvalue weighted by Crippen LogP contribution is -2.45. The maximum atomic E-state index is 12.2. The second kappa shape index (κ2) is 8.79. The van der Waals surface area contributed by atoms with E-state index in [4.69, 9.17) is 14.6 Å². The van der Waals surface area contributed by atoms with Crippen LogP contribution in [0.3, 0.4) is 0 Å². The second-order valence-electron chi connectivity index (χ2n) is 6.30. The summed E-state index contributed by atoms with van der Waals surface area (Å²) in [4.78, 5) is 44.8. The molecule has 10 nitrogen and oxygen atoms in total. The lowest BCUT2D eigenvalue weighted by molar-refractivity contribution is -0.384. The molecule has 0 unspecified atom stereocenters. The van der Waals surface area contributed by atoms with Gasteiger partial charge in [-0.25, -0.2) is 9.59 Å². The van der Waals surface area contributed by atoms with E-state index in [-0.39, 0.29) is 24.3 Å². The van der Waals surface area contributed by atoms with Gasteiger partial charge in [-0.05, 0) is 39.3 Å². The number of amides is 1. The minimum atomic E-state index is -1.25. The maximum Gasteiger partial charge on any atom is 0.408 e. The SMILES string of the molecule is CC(C)(C)OC(=O)N[C@@H](CCC(=O)O)C(=O)Oc1ccc([N+](=O)[O-])cc1. The van der Waals surface area contributed by atoms with Crippen LogP contribution >= 0.6 is 0 Å². The Bertz CT molecular complexity index is 678. The number of nitrogens with one attached hydrogen (secondary N) is 1. The summed E-state index contributed by atoms with van der Waals surface area (Å²) in [6.07, 6.45) is -1.48. The molecule has 1 rings (SSSR count). The normalized spacial score (nSPS) is 12.0. The highest BCUT2D eigenvalue weighted by Gasteiger charge is 2.26. The van der Waals surface area contributed by atoms with E-state index in [9.17, 15) is 24.5 Å². The Morgan fingerprint density at radius 3 is 2.27 bits per heavy atom. The Balaban J connectivity index is 2.80. The summed E-state index contributed by atoms with van der Waals surface area (Å²) in [7, 11) is 0. The number of carboxylic acids is 1. The molecule has 1 aromatic rings. The van der Waals surface area contributed by atoms with E-state index in [1.165, 1.54) is 12.1 Å². The first kappa shape index (κ1) is 20.9. The molecule has 142 valence electrons. The molecule has 1 amide bonds. The number of alkyl carbamates (subject to hydrolysis) is 1. The fraction of sp³-hybridized carbons (Fsp3) is 0.438. The van der Waals surface area contributed by atoms with Gasteiger partial charge in [0.25, 0.3) is 5.69 Å². The van der Waals surface area contributed by atoms with Crippen LogP contribution in [0.2, 0.25) is 0 Å². The zero-order chi connectivity index (χ0) is 19.9. The summed E-state index contributed by atoms with van der Waals surface area (Å²) < 4.78 is 10.1. The number of carboxylic acid groups (broad SMARTS) is 1. The zero-order valence-corrected chi connectivity index (χ0v) is 14.6. The molecule has 0 aromatic heterocycles. The highest BCUT2D eigenvalue weighted by Crippen LogP contribution is 2.18. The number of ether oxygens (including phenoxy) is 2. The maximum absolute atomic E-state index is 12.2.